The maximum atomic E-state index is 11.2. The van der Waals surface area contributed by atoms with Crippen LogP contribution < -0.4 is 5.32 Å². The lowest BCUT2D eigenvalue weighted by Crippen LogP contribution is -2.42. The van der Waals surface area contributed by atoms with E-state index in [4.69, 9.17) is 4.74 Å². The van der Waals surface area contributed by atoms with E-state index < -0.39 is 14.6 Å². The van der Waals surface area contributed by atoms with Crippen LogP contribution in [0.15, 0.2) is 0 Å². The van der Waals surface area contributed by atoms with Crippen LogP contribution in [-0.2, 0) is 14.6 Å². The number of rotatable bonds is 6. The summed E-state index contributed by atoms with van der Waals surface area (Å²) >= 11 is 0. The highest BCUT2D eigenvalue weighted by molar-refractivity contribution is 7.92. The molecule has 0 aromatic carbocycles. The molecule has 0 radical (unpaired) electrons. The lowest BCUT2D eigenvalue weighted by molar-refractivity contribution is 0.198. The molecule has 0 fully saturated rings. The predicted molar refractivity (Wildman–Crippen MR) is 53.7 cm³/mol. The normalized spacial score (nSPS) is 13.2. The zero-order valence-corrected chi connectivity index (χ0v) is 9.57. The third kappa shape index (κ3) is 4.59. The molecule has 0 aliphatic carbocycles. The third-order valence-corrected chi connectivity index (χ3v) is 4.19. The molecule has 0 aliphatic heterocycles. The molecule has 0 bridgehead atoms. The topological polar surface area (TPSA) is 55.4 Å². The Labute approximate surface area is 80.6 Å². The molecule has 0 aliphatic rings. The number of sulfone groups is 1. The maximum Gasteiger partial charge on any atom is 0.153 e. The summed E-state index contributed by atoms with van der Waals surface area (Å²) in [5, 5.41) is 3.03. The molecule has 1 N–H and O–H groups in total. The predicted octanol–water partition coefficient (Wildman–Crippen LogP) is 0.0456. The van der Waals surface area contributed by atoms with Gasteiger partial charge in [-0.25, -0.2) is 8.42 Å². The van der Waals surface area contributed by atoms with Crippen LogP contribution in [0.1, 0.15) is 13.8 Å². The molecule has 13 heavy (non-hydrogen) atoms. The SMILES string of the molecule is COCCNCC(C)(C)S(C)(=O)=O. The highest BCUT2D eigenvalue weighted by Crippen LogP contribution is 2.12. The first-order valence-electron chi connectivity index (χ1n) is 4.20. The van der Waals surface area contributed by atoms with Crippen molar-refractivity contribution in [3.8, 4) is 0 Å². The summed E-state index contributed by atoms with van der Waals surface area (Å²) in [6.45, 7) is 5.15. The van der Waals surface area contributed by atoms with Gasteiger partial charge in [0.05, 0.1) is 11.4 Å². The Morgan fingerprint density at radius 3 is 2.31 bits per heavy atom. The number of methoxy groups -OCH3 is 1. The molecule has 0 spiro atoms. The average Bonchev–Trinajstić information content (AvgIpc) is 1.96. The smallest absolute Gasteiger partial charge is 0.153 e. The minimum absolute atomic E-state index is 0.454. The van der Waals surface area contributed by atoms with Crippen molar-refractivity contribution in [3.05, 3.63) is 0 Å². The summed E-state index contributed by atoms with van der Waals surface area (Å²) in [6.07, 6.45) is 1.25. The van der Waals surface area contributed by atoms with E-state index in [-0.39, 0.29) is 0 Å². The molecule has 0 amide bonds. The monoisotopic (exact) mass is 209 g/mol. The first-order valence-corrected chi connectivity index (χ1v) is 6.09. The van der Waals surface area contributed by atoms with Crippen molar-refractivity contribution in [2.75, 3.05) is 33.1 Å². The average molecular weight is 209 g/mol. The van der Waals surface area contributed by atoms with Crippen LogP contribution in [0.2, 0.25) is 0 Å². The van der Waals surface area contributed by atoms with Gasteiger partial charge in [0.25, 0.3) is 0 Å². The second-order valence-electron chi connectivity index (χ2n) is 3.70. The lowest BCUT2D eigenvalue weighted by Gasteiger charge is -2.22. The van der Waals surface area contributed by atoms with Crippen molar-refractivity contribution in [1.29, 1.82) is 0 Å². The highest BCUT2D eigenvalue weighted by atomic mass is 32.2. The maximum absolute atomic E-state index is 11.2. The van der Waals surface area contributed by atoms with Gasteiger partial charge in [-0.1, -0.05) is 0 Å². The minimum Gasteiger partial charge on any atom is -0.383 e. The van der Waals surface area contributed by atoms with Crippen LogP contribution in [0.5, 0.6) is 0 Å². The third-order valence-electron chi connectivity index (χ3n) is 2.04. The Hall–Kier alpha value is -0.130. The molecule has 80 valence electrons. The van der Waals surface area contributed by atoms with E-state index in [0.717, 1.165) is 0 Å². The fourth-order valence-corrected chi connectivity index (χ4v) is 1.06. The van der Waals surface area contributed by atoms with E-state index in [1.807, 2.05) is 0 Å². The van der Waals surface area contributed by atoms with Crippen molar-refractivity contribution in [1.82, 2.24) is 5.32 Å². The summed E-state index contributed by atoms with van der Waals surface area (Å²) in [4.78, 5) is 0. The van der Waals surface area contributed by atoms with E-state index in [9.17, 15) is 8.42 Å². The van der Waals surface area contributed by atoms with Crippen LogP contribution >= 0.6 is 0 Å². The zero-order valence-electron chi connectivity index (χ0n) is 8.75. The van der Waals surface area contributed by atoms with Crippen LogP contribution in [0.25, 0.3) is 0 Å². The van der Waals surface area contributed by atoms with Gasteiger partial charge in [0.2, 0.25) is 0 Å². The molecule has 5 heteroatoms. The standard InChI is InChI=1S/C8H19NO3S/c1-8(2,13(4,10)11)7-9-5-6-12-3/h9H,5-7H2,1-4H3. The molecule has 0 aromatic rings. The second kappa shape index (κ2) is 4.93. The number of nitrogens with one attached hydrogen (secondary N) is 1. The fourth-order valence-electron chi connectivity index (χ4n) is 0.695. The van der Waals surface area contributed by atoms with E-state index in [1.165, 1.54) is 6.26 Å². The lowest BCUT2D eigenvalue weighted by atomic mass is 10.2. The van der Waals surface area contributed by atoms with Gasteiger partial charge >= 0.3 is 0 Å². The second-order valence-corrected chi connectivity index (χ2v) is 6.35. The molecule has 4 nitrogen and oxygen atoms in total. The van der Waals surface area contributed by atoms with Crippen LogP contribution in [0, 0.1) is 0 Å². The van der Waals surface area contributed by atoms with Crippen LogP contribution in [0.4, 0.5) is 0 Å². The molecular weight excluding hydrogens is 190 g/mol. The van der Waals surface area contributed by atoms with E-state index in [0.29, 0.717) is 19.7 Å². The molecule has 0 unspecified atom stereocenters. The minimum atomic E-state index is -2.99. The highest BCUT2D eigenvalue weighted by Gasteiger charge is 2.29. The van der Waals surface area contributed by atoms with Crippen molar-refractivity contribution in [2.45, 2.75) is 18.6 Å². The molecule has 0 heterocycles. The molecule has 0 aromatic heterocycles. The molecule has 0 saturated carbocycles. The van der Waals surface area contributed by atoms with Crippen LogP contribution in [-0.4, -0.2) is 46.2 Å². The van der Waals surface area contributed by atoms with Gasteiger partial charge in [-0.3, -0.25) is 0 Å². The Morgan fingerprint density at radius 1 is 1.38 bits per heavy atom. The van der Waals surface area contributed by atoms with Gasteiger partial charge in [-0.2, -0.15) is 0 Å². The Kier molecular flexibility index (Phi) is 4.88. The van der Waals surface area contributed by atoms with Gasteiger partial charge in [0.1, 0.15) is 0 Å². The zero-order chi connectivity index (χ0) is 10.5. The summed E-state index contributed by atoms with van der Waals surface area (Å²) in [6, 6.07) is 0. The van der Waals surface area contributed by atoms with Gasteiger partial charge in [0, 0.05) is 26.5 Å². The van der Waals surface area contributed by atoms with Crippen molar-refractivity contribution in [2.24, 2.45) is 0 Å². The first kappa shape index (κ1) is 12.9. The van der Waals surface area contributed by atoms with E-state index in [2.05, 4.69) is 5.32 Å². The molecule has 0 saturated heterocycles. The first-order chi connectivity index (χ1) is 5.81. The Morgan fingerprint density at radius 2 is 1.92 bits per heavy atom. The summed E-state index contributed by atoms with van der Waals surface area (Å²) in [5.74, 6) is 0. The quantitative estimate of drug-likeness (QED) is 0.628. The Balaban J connectivity index is 3.91. The number of ether oxygens (including phenoxy) is 1. The molecule has 0 rings (SSSR count). The van der Waals surface area contributed by atoms with Crippen LogP contribution in [0.3, 0.4) is 0 Å². The number of hydrogen-bond donors (Lipinski definition) is 1. The fraction of sp³-hybridized carbons (Fsp3) is 1.00. The van der Waals surface area contributed by atoms with Gasteiger partial charge < -0.3 is 10.1 Å². The molecule has 0 atom stereocenters. The van der Waals surface area contributed by atoms with Crippen molar-refractivity contribution < 1.29 is 13.2 Å². The van der Waals surface area contributed by atoms with Gasteiger partial charge in [-0.05, 0) is 13.8 Å². The van der Waals surface area contributed by atoms with E-state index >= 15 is 0 Å². The van der Waals surface area contributed by atoms with Crippen molar-refractivity contribution >= 4 is 9.84 Å². The Bertz CT molecular complexity index is 234. The molecular formula is C8H19NO3S. The summed E-state index contributed by atoms with van der Waals surface area (Å²) in [5.41, 5.74) is 0. The van der Waals surface area contributed by atoms with Gasteiger partial charge in [-0.15, -0.1) is 0 Å². The summed E-state index contributed by atoms with van der Waals surface area (Å²) < 4.78 is 26.6. The number of hydrogen-bond acceptors (Lipinski definition) is 4. The largest absolute Gasteiger partial charge is 0.383 e. The van der Waals surface area contributed by atoms with E-state index in [1.54, 1.807) is 21.0 Å². The van der Waals surface area contributed by atoms with Gasteiger partial charge in [0.15, 0.2) is 9.84 Å². The van der Waals surface area contributed by atoms with Crippen molar-refractivity contribution in [3.63, 3.8) is 0 Å². The summed E-state index contributed by atoms with van der Waals surface area (Å²) in [7, 11) is -1.38.